The number of ether oxygens (including phenoxy) is 1. The van der Waals surface area contributed by atoms with Gasteiger partial charge in [0.1, 0.15) is 16.0 Å². The Kier molecular flexibility index (Phi) is 9.02. The van der Waals surface area contributed by atoms with Crippen molar-refractivity contribution in [3.8, 4) is 0 Å². The van der Waals surface area contributed by atoms with Crippen molar-refractivity contribution in [2.45, 2.75) is 46.3 Å². The summed E-state index contributed by atoms with van der Waals surface area (Å²) in [5.41, 5.74) is 6.08. The van der Waals surface area contributed by atoms with Gasteiger partial charge in [-0.15, -0.1) is 36.2 Å². The van der Waals surface area contributed by atoms with E-state index in [-0.39, 0.29) is 48.3 Å². The van der Waals surface area contributed by atoms with Crippen molar-refractivity contribution >= 4 is 42.1 Å². The number of rotatable bonds is 4. The lowest BCUT2D eigenvalue weighted by Gasteiger charge is -2.42. The number of halogens is 2. The molecule has 1 aliphatic heterocycles. The molecule has 0 saturated carbocycles. The number of hydrogen-bond donors (Lipinski definition) is 1. The topological polar surface area (TPSA) is 68.5 Å². The molecule has 1 fully saturated rings. The summed E-state index contributed by atoms with van der Waals surface area (Å²) in [6.45, 7) is 10.2. The van der Waals surface area contributed by atoms with Crippen LogP contribution < -0.4 is 5.73 Å². The highest BCUT2D eigenvalue weighted by atomic mass is 35.5. The van der Waals surface area contributed by atoms with Crippen molar-refractivity contribution in [2.75, 3.05) is 19.7 Å². The SMILES string of the molecule is CCOC(C)c1ncc(C(=O)N2CCC(N)C(C)(C)C2)s1.Cl.Cl. The fourth-order valence-corrected chi connectivity index (χ4v) is 3.49. The minimum Gasteiger partial charge on any atom is -0.372 e. The molecule has 0 aromatic carbocycles. The standard InChI is InChI=1S/C15H25N3O2S.2ClH/c1-5-20-10(2)13-17-8-11(21-13)14(19)18-7-6-12(16)15(3,4)9-18;;/h8,10,12H,5-7,9,16H2,1-4H3;2*1H. The average Bonchev–Trinajstić information content (AvgIpc) is 2.91. The van der Waals surface area contributed by atoms with Crippen molar-refractivity contribution < 1.29 is 9.53 Å². The van der Waals surface area contributed by atoms with E-state index in [1.165, 1.54) is 11.3 Å². The highest BCUT2D eigenvalue weighted by Gasteiger charge is 2.36. The Hall–Kier alpha value is -0.400. The first-order valence-corrected chi connectivity index (χ1v) is 8.29. The van der Waals surface area contributed by atoms with Crippen LogP contribution in [0.2, 0.25) is 0 Å². The third-order valence-electron chi connectivity index (χ3n) is 4.10. The van der Waals surface area contributed by atoms with Gasteiger partial charge in [-0.05, 0) is 25.7 Å². The third kappa shape index (κ3) is 5.29. The summed E-state index contributed by atoms with van der Waals surface area (Å²) >= 11 is 1.43. The number of thiazole rings is 1. The van der Waals surface area contributed by atoms with Gasteiger partial charge in [0.2, 0.25) is 0 Å². The minimum atomic E-state index is -0.0623. The number of amides is 1. The lowest BCUT2D eigenvalue weighted by Crippen LogP contribution is -2.53. The van der Waals surface area contributed by atoms with Crippen LogP contribution in [0.4, 0.5) is 0 Å². The first kappa shape index (κ1) is 22.6. The summed E-state index contributed by atoms with van der Waals surface area (Å²) in [6, 6.07) is 0.150. The Morgan fingerprint density at radius 3 is 2.78 bits per heavy atom. The number of carbonyl (C=O) groups is 1. The Labute approximate surface area is 154 Å². The summed E-state index contributed by atoms with van der Waals surface area (Å²) in [4.78, 5) is 19.5. The van der Waals surface area contributed by atoms with Crippen LogP contribution in [0.3, 0.4) is 0 Å². The largest absolute Gasteiger partial charge is 0.372 e. The predicted octanol–water partition coefficient (Wildman–Crippen LogP) is 3.28. The maximum absolute atomic E-state index is 12.6. The van der Waals surface area contributed by atoms with Crippen molar-refractivity contribution in [3.63, 3.8) is 0 Å². The van der Waals surface area contributed by atoms with Crippen LogP contribution in [0.5, 0.6) is 0 Å². The Bertz CT molecular complexity index is 511. The normalized spacial score (nSPS) is 21.1. The molecule has 8 heteroatoms. The smallest absolute Gasteiger partial charge is 0.265 e. The number of nitrogens with two attached hydrogens (primary N) is 1. The molecule has 23 heavy (non-hydrogen) atoms. The minimum absolute atomic E-state index is 0. The molecule has 1 amide bonds. The van der Waals surface area contributed by atoms with Crippen LogP contribution in [-0.4, -0.2) is 41.5 Å². The van der Waals surface area contributed by atoms with E-state index < -0.39 is 0 Å². The molecule has 0 radical (unpaired) electrons. The maximum atomic E-state index is 12.6. The van der Waals surface area contributed by atoms with Gasteiger partial charge in [-0.2, -0.15) is 0 Å². The van der Waals surface area contributed by atoms with Crippen LogP contribution in [0, 0.1) is 5.41 Å². The van der Waals surface area contributed by atoms with E-state index in [1.807, 2.05) is 18.7 Å². The fraction of sp³-hybridized carbons (Fsp3) is 0.733. The summed E-state index contributed by atoms with van der Waals surface area (Å²) in [5.74, 6) is 0.0578. The van der Waals surface area contributed by atoms with Gasteiger partial charge in [-0.25, -0.2) is 4.98 Å². The summed E-state index contributed by atoms with van der Waals surface area (Å²) in [6.07, 6.45) is 2.45. The highest BCUT2D eigenvalue weighted by molar-refractivity contribution is 7.13. The second kappa shape index (κ2) is 9.18. The lowest BCUT2D eigenvalue weighted by atomic mass is 9.79. The molecular weight excluding hydrogens is 357 g/mol. The molecule has 0 spiro atoms. The monoisotopic (exact) mass is 383 g/mol. The molecular formula is C15H27Cl2N3O2S. The summed E-state index contributed by atoms with van der Waals surface area (Å²) in [7, 11) is 0. The second-order valence-corrected chi connectivity index (χ2v) is 7.33. The van der Waals surface area contributed by atoms with Crippen LogP contribution in [-0.2, 0) is 4.74 Å². The van der Waals surface area contributed by atoms with E-state index in [1.54, 1.807) is 6.20 Å². The Morgan fingerprint density at radius 1 is 1.57 bits per heavy atom. The van der Waals surface area contributed by atoms with E-state index in [9.17, 15) is 4.79 Å². The van der Waals surface area contributed by atoms with Crippen molar-refractivity contribution in [3.05, 3.63) is 16.1 Å². The van der Waals surface area contributed by atoms with Crippen LogP contribution in [0.1, 0.15) is 54.9 Å². The van der Waals surface area contributed by atoms with Crippen LogP contribution >= 0.6 is 36.2 Å². The van der Waals surface area contributed by atoms with Gasteiger partial charge in [0.05, 0.1) is 6.20 Å². The van der Waals surface area contributed by atoms with Crippen molar-refractivity contribution in [1.82, 2.24) is 9.88 Å². The first-order valence-electron chi connectivity index (χ1n) is 7.47. The van der Waals surface area contributed by atoms with E-state index >= 15 is 0 Å². The van der Waals surface area contributed by atoms with E-state index in [2.05, 4.69) is 18.8 Å². The van der Waals surface area contributed by atoms with E-state index in [4.69, 9.17) is 10.5 Å². The predicted molar refractivity (Wildman–Crippen MR) is 98.9 cm³/mol. The van der Waals surface area contributed by atoms with Crippen molar-refractivity contribution in [2.24, 2.45) is 11.1 Å². The van der Waals surface area contributed by atoms with Gasteiger partial charge in [0.15, 0.2) is 0 Å². The molecule has 2 N–H and O–H groups in total. The average molecular weight is 384 g/mol. The van der Waals surface area contributed by atoms with Gasteiger partial charge >= 0.3 is 0 Å². The highest BCUT2D eigenvalue weighted by Crippen LogP contribution is 2.30. The van der Waals surface area contributed by atoms with E-state index in [0.29, 0.717) is 18.0 Å². The molecule has 1 aliphatic rings. The maximum Gasteiger partial charge on any atom is 0.265 e. The van der Waals surface area contributed by atoms with Gasteiger partial charge in [-0.1, -0.05) is 13.8 Å². The molecule has 1 aromatic heterocycles. The molecule has 2 atom stereocenters. The second-order valence-electron chi connectivity index (χ2n) is 6.27. The summed E-state index contributed by atoms with van der Waals surface area (Å²) in [5, 5.41) is 0.855. The van der Waals surface area contributed by atoms with Gasteiger partial charge in [0, 0.05) is 25.7 Å². The molecule has 1 aromatic rings. The zero-order valence-corrected chi connectivity index (χ0v) is 16.5. The zero-order chi connectivity index (χ0) is 15.6. The number of aromatic nitrogens is 1. The van der Waals surface area contributed by atoms with Gasteiger partial charge in [0.25, 0.3) is 5.91 Å². The lowest BCUT2D eigenvalue weighted by molar-refractivity contribution is 0.0537. The summed E-state index contributed by atoms with van der Waals surface area (Å²) < 4.78 is 5.52. The van der Waals surface area contributed by atoms with Gasteiger partial charge < -0.3 is 15.4 Å². The number of likely N-dealkylation sites (tertiary alicyclic amines) is 1. The zero-order valence-electron chi connectivity index (χ0n) is 14.1. The van der Waals surface area contributed by atoms with Crippen LogP contribution in [0.25, 0.3) is 0 Å². The molecule has 2 heterocycles. The van der Waals surface area contributed by atoms with E-state index in [0.717, 1.165) is 18.0 Å². The molecule has 2 rings (SSSR count). The molecule has 2 unspecified atom stereocenters. The number of piperidine rings is 1. The molecule has 0 aliphatic carbocycles. The molecule has 5 nitrogen and oxygen atoms in total. The number of nitrogens with zero attached hydrogens (tertiary/aromatic N) is 2. The van der Waals surface area contributed by atoms with Crippen molar-refractivity contribution in [1.29, 1.82) is 0 Å². The third-order valence-corrected chi connectivity index (χ3v) is 5.24. The molecule has 134 valence electrons. The number of carbonyl (C=O) groups excluding carboxylic acids is 1. The molecule has 1 saturated heterocycles. The molecule has 0 bridgehead atoms. The first-order chi connectivity index (χ1) is 9.85. The fourth-order valence-electron chi connectivity index (χ4n) is 2.60. The van der Waals surface area contributed by atoms with Gasteiger partial charge in [-0.3, -0.25) is 4.79 Å². The Balaban J connectivity index is 0.00000242. The van der Waals surface area contributed by atoms with Crippen LogP contribution in [0.15, 0.2) is 6.20 Å². The Morgan fingerprint density at radius 2 is 2.22 bits per heavy atom. The quantitative estimate of drug-likeness (QED) is 0.865. The number of hydrogen-bond acceptors (Lipinski definition) is 5.